The van der Waals surface area contributed by atoms with E-state index >= 15 is 0 Å². The lowest BCUT2D eigenvalue weighted by atomic mass is 10.0. The van der Waals surface area contributed by atoms with Crippen LogP contribution in [0.5, 0.6) is 0 Å². The molecule has 2 aliphatic rings. The zero-order valence-electron chi connectivity index (χ0n) is 27.9. The Labute approximate surface area is 275 Å². The second-order valence-electron chi connectivity index (χ2n) is 13.0. The minimum Gasteiger partial charge on any atom is -0.449 e. The van der Waals surface area contributed by atoms with Crippen LogP contribution >= 0.6 is 0 Å². The maximum atomic E-state index is 12.7. The molecular weight excluding hydrogens is 637 g/mol. The summed E-state index contributed by atoms with van der Waals surface area (Å²) in [6.45, 7) is 8.61. The van der Waals surface area contributed by atoms with Gasteiger partial charge in [-0.05, 0) is 68.0 Å². The Kier molecular flexibility index (Phi) is 16.8. The highest BCUT2D eigenvalue weighted by atomic mass is 32.2. The number of fused-ring (bicyclic) bond motifs is 1. The van der Waals surface area contributed by atoms with Crippen LogP contribution in [0, 0.1) is 29.6 Å². The van der Waals surface area contributed by atoms with Crippen LogP contribution in [0.3, 0.4) is 0 Å². The first-order chi connectivity index (χ1) is 21.6. The molecule has 0 heterocycles. The summed E-state index contributed by atoms with van der Waals surface area (Å²) in [6.07, 6.45) is 3.58. The summed E-state index contributed by atoms with van der Waals surface area (Å²) in [5.74, 6) is 7.59. The maximum absolute atomic E-state index is 12.7. The van der Waals surface area contributed by atoms with Crippen molar-refractivity contribution in [3.8, 4) is 11.8 Å². The Balaban J connectivity index is 1.75. The molecule has 5 N–H and O–H groups in total. The molecule has 1 saturated carbocycles. The molecule has 0 aromatic rings. The minimum atomic E-state index is -4.19. The Hall–Kier alpha value is -2.42. The topological polar surface area (TPSA) is 191 Å². The summed E-state index contributed by atoms with van der Waals surface area (Å²) in [5, 5.41) is 5.13. The summed E-state index contributed by atoms with van der Waals surface area (Å²) in [7, 11) is -5.22. The smallest absolute Gasteiger partial charge is 0.421 e. The predicted molar refractivity (Wildman–Crippen MR) is 174 cm³/mol. The van der Waals surface area contributed by atoms with Gasteiger partial charge in [-0.15, -0.1) is 11.8 Å². The third-order valence-electron chi connectivity index (χ3n) is 8.84. The predicted octanol–water partition coefficient (Wildman–Crippen LogP) is 2.40. The highest BCUT2D eigenvalue weighted by Gasteiger charge is 2.49. The fourth-order valence-corrected chi connectivity index (χ4v) is 6.59. The molecule has 46 heavy (non-hydrogen) atoms. The average Bonchev–Trinajstić information content (AvgIpc) is 3.60. The van der Waals surface area contributed by atoms with Gasteiger partial charge in [-0.25, -0.2) is 14.3 Å². The molecule has 3 amide bonds. The first-order valence-electron chi connectivity index (χ1n) is 16.0. The molecule has 14 nitrogen and oxygen atoms in total. The van der Waals surface area contributed by atoms with Crippen LogP contribution in [0.1, 0.15) is 65.2 Å². The van der Waals surface area contributed by atoms with E-state index in [1.807, 2.05) is 26.9 Å². The molecule has 1 fully saturated rings. The van der Waals surface area contributed by atoms with Crippen LogP contribution in [-0.4, -0.2) is 98.9 Å². The molecule has 0 radical (unpaired) electrons. The number of nitrogens with one attached hydrogen (secondary N) is 4. The zero-order chi connectivity index (χ0) is 34.2. The molecule has 0 aromatic carbocycles. The van der Waals surface area contributed by atoms with Crippen molar-refractivity contribution in [1.29, 1.82) is 0 Å². The van der Waals surface area contributed by atoms with Gasteiger partial charge in [0.25, 0.3) is 0 Å². The number of carbonyl (C=O) groups excluding carboxylic acids is 3. The van der Waals surface area contributed by atoms with Crippen LogP contribution in [-0.2, 0) is 34.0 Å². The number of ether oxygens (including phenoxy) is 4. The Morgan fingerprint density at radius 2 is 1.67 bits per heavy atom. The number of hydrogen-bond donors (Lipinski definition) is 5. The van der Waals surface area contributed by atoms with Crippen molar-refractivity contribution in [2.45, 2.75) is 89.4 Å². The normalized spacial score (nSPS) is 20.1. The van der Waals surface area contributed by atoms with Crippen LogP contribution < -0.4 is 20.1 Å². The van der Waals surface area contributed by atoms with E-state index in [1.54, 1.807) is 4.72 Å². The number of alkyl carbamates (subject to hydrolysis) is 1. The Morgan fingerprint density at radius 3 is 2.30 bits per heavy atom. The number of carbonyl (C=O) groups is 3. The van der Waals surface area contributed by atoms with E-state index in [-0.39, 0.29) is 38.6 Å². The third kappa shape index (κ3) is 15.4. The summed E-state index contributed by atoms with van der Waals surface area (Å²) in [4.78, 5) is 47.8. The molecule has 0 aliphatic heterocycles. The van der Waals surface area contributed by atoms with Crippen molar-refractivity contribution in [3.63, 3.8) is 0 Å². The quantitative estimate of drug-likeness (QED) is 0.0679. The van der Waals surface area contributed by atoms with Gasteiger partial charge in [0.1, 0.15) is 6.61 Å². The van der Waals surface area contributed by atoms with E-state index in [4.69, 9.17) is 18.9 Å². The lowest BCUT2D eigenvalue weighted by molar-refractivity contribution is -0.122. The highest BCUT2D eigenvalue weighted by Crippen LogP contribution is 2.52. The van der Waals surface area contributed by atoms with Gasteiger partial charge in [0.2, 0.25) is 5.91 Å². The van der Waals surface area contributed by atoms with Gasteiger partial charge < -0.3 is 34.4 Å². The van der Waals surface area contributed by atoms with E-state index in [0.29, 0.717) is 56.8 Å². The van der Waals surface area contributed by atoms with Crippen molar-refractivity contribution in [1.82, 2.24) is 20.1 Å². The SMILES string of the molecule is COCCOCCNS(=O)(=O)NC(=O)OC[C@H](CCC(C)(C)[Si](C)(C)O)NC(=O)CCCNC(=O)OC[C@@H]1[C@@H]2CCC#CCC[C@@H]21. The van der Waals surface area contributed by atoms with Crippen molar-refractivity contribution in [2.24, 2.45) is 17.8 Å². The summed E-state index contributed by atoms with van der Waals surface area (Å²) in [5.41, 5.74) is 0. The Bertz CT molecular complexity index is 1130. The number of methoxy groups -OCH3 is 1. The zero-order valence-corrected chi connectivity index (χ0v) is 29.8. The van der Waals surface area contributed by atoms with Crippen molar-refractivity contribution in [2.75, 3.05) is 53.2 Å². The lowest BCUT2D eigenvalue weighted by Gasteiger charge is -2.36. The van der Waals surface area contributed by atoms with E-state index in [1.165, 1.54) is 7.11 Å². The molecule has 16 heteroatoms. The van der Waals surface area contributed by atoms with Crippen LogP contribution in [0.4, 0.5) is 9.59 Å². The standard InChI is InChI=1S/C30H54N4O10SSi/c1-30(2,46(4,5)40)15-14-23(21-43-29(37)34-45(38,39)32-17-18-42-20-19-41-3)33-27(35)13-10-16-31-28(36)44-22-26-24-11-8-6-7-9-12-25(24)26/h23-26,32,40H,8-22H2,1-5H3,(H,31,36)(H,33,35)(H,34,37)/t23-,24-,25+,26-/m0/s1. The molecule has 2 aliphatic carbocycles. The van der Waals surface area contributed by atoms with Gasteiger partial charge in [-0.1, -0.05) is 13.8 Å². The number of rotatable bonds is 21. The molecule has 2 rings (SSSR count). The van der Waals surface area contributed by atoms with E-state index < -0.39 is 41.8 Å². The summed E-state index contributed by atoms with van der Waals surface area (Å²) >= 11 is 0. The molecule has 264 valence electrons. The summed E-state index contributed by atoms with van der Waals surface area (Å²) < 4.78 is 48.8. The fraction of sp³-hybridized carbons (Fsp3) is 0.833. The van der Waals surface area contributed by atoms with Gasteiger partial charge in [-0.2, -0.15) is 13.1 Å². The van der Waals surface area contributed by atoms with Crippen molar-refractivity contribution >= 4 is 36.6 Å². The van der Waals surface area contributed by atoms with Gasteiger partial charge in [-0.3, -0.25) is 4.79 Å². The molecular formula is C30H54N4O10SSi. The fourth-order valence-electron chi connectivity index (χ4n) is 5.13. The first-order valence-corrected chi connectivity index (χ1v) is 20.5. The summed E-state index contributed by atoms with van der Waals surface area (Å²) in [6, 6.07) is -0.627. The molecule has 0 unspecified atom stereocenters. The third-order valence-corrected chi connectivity index (χ3v) is 13.4. The second kappa shape index (κ2) is 19.4. The van der Waals surface area contributed by atoms with Crippen molar-refractivity contribution < 1.29 is 46.5 Å². The van der Waals surface area contributed by atoms with Gasteiger partial charge in [0.05, 0.1) is 32.5 Å². The monoisotopic (exact) mass is 690 g/mol. The van der Waals surface area contributed by atoms with E-state index in [0.717, 1.165) is 25.7 Å². The van der Waals surface area contributed by atoms with Crippen LogP contribution in [0.15, 0.2) is 0 Å². The first kappa shape index (κ1) is 39.8. The Morgan fingerprint density at radius 1 is 1.00 bits per heavy atom. The van der Waals surface area contributed by atoms with Gasteiger partial charge >= 0.3 is 22.4 Å². The molecule has 0 bridgehead atoms. The highest BCUT2D eigenvalue weighted by molar-refractivity contribution is 7.88. The molecule has 0 spiro atoms. The number of amides is 3. The maximum Gasteiger partial charge on any atom is 0.421 e. The van der Waals surface area contributed by atoms with Crippen LogP contribution in [0.25, 0.3) is 0 Å². The molecule has 0 aromatic heterocycles. The number of hydrogen-bond acceptors (Lipinski definition) is 10. The largest absolute Gasteiger partial charge is 0.449 e. The van der Waals surface area contributed by atoms with Gasteiger partial charge in [0.15, 0.2) is 8.32 Å². The van der Waals surface area contributed by atoms with Crippen LogP contribution in [0.2, 0.25) is 18.1 Å². The van der Waals surface area contributed by atoms with Crippen molar-refractivity contribution in [3.05, 3.63) is 0 Å². The lowest BCUT2D eigenvalue weighted by Crippen LogP contribution is -2.45. The van der Waals surface area contributed by atoms with Gasteiger partial charge in [0, 0.05) is 39.5 Å². The average molecular weight is 691 g/mol. The minimum absolute atomic E-state index is 0.0647. The molecule has 0 saturated heterocycles. The second-order valence-corrected chi connectivity index (χ2v) is 19.0. The van der Waals surface area contributed by atoms with E-state index in [9.17, 15) is 27.6 Å². The van der Waals surface area contributed by atoms with E-state index in [2.05, 4.69) is 27.2 Å². The molecule has 4 atom stereocenters.